The van der Waals surface area contributed by atoms with Gasteiger partial charge in [-0.1, -0.05) is 31.9 Å². The Hall–Kier alpha value is -2.21. The van der Waals surface area contributed by atoms with E-state index in [1.807, 2.05) is 24.1 Å². The standard InChI is InChI=1S/C24H31FN2O2S/c1-4-5-6-7-22(28)27(17(2)3)16-23(29)26-14-12-21-20(13-15-30-21)24(26)18-8-10-19(25)11-9-18/h8-11,13,15,17,24H,4-7,12,14,16H2,1-3H3. The van der Waals surface area contributed by atoms with Gasteiger partial charge in [-0.15, -0.1) is 11.3 Å². The monoisotopic (exact) mass is 430 g/mol. The summed E-state index contributed by atoms with van der Waals surface area (Å²) in [6.07, 6.45) is 4.22. The van der Waals surface area contributed by atoms with Crippen molar-refractivity contribution in [2.45, 2.75) is 65.0 Å². The number of carbonyl (C=O) groups is 2. The summed E-state index contributed by atoms with van der Waals surface area (Å²) < 4.78 is 13.5. The van der Waals surface area contributed by atoms with Gasteiger partial charge in [-0.05, 0) is 61.4 Å². The first-order valence-electron chi connectivity index (χ1n) is 10.8. The van der Waals surface area contributed by atoms with E-state index in [0.29, 0.717) is 13.0 Å². The van der Waals surface area contributed by atoms with E-state index in [1.165, 1.54) is 17.0 Å². The third kappa shape index (κ3) is 5.09. The molecule has 1 aromatic carbocycles. The summed E-state index contributed by atoms with van der Waals surface area (Å²) >= 11 is 1.70. The molecule has 1 aliphatic rings. The number of benzene rings is 1. The third-order valence-corrected chi connectivity index (χ3v) is 6.71. The predicted molar refractivity (Wildman–Crippen MR) is 119 cm³/mol. The lowest BCUT2D eigenvalue weighted by molar-refractivity contribution is -0.143. The molecule has 1 aromatic heterocycles. The molecule has 0 saturated carbocycles. The van der Waals surface area contributed by atoms with Gasteiger partial charge in [0.2, 0.25) is 11.8 Å². The summed E-state index contributed by atoms with van der Waals surface area (Å²) in [5.41, 5.74) is 2.01. The van der Waals surface area contributed by atoms with E-state index in [2.05, 4.69) is 13.0 Å². The molecule has 1 aliphatic heterocycles. The van der Waals surface area contributed by atoms with E-state index in [9.17, 15) is 14.0 Å². The smallest absolute Gasteiger partial charge is 0.243 e. The molecule has 3 rings (SSSR count). The highest BCUT2D eigenvalue weighted by Crippen LogP contribution is 2.38. The van der Waals surface area contributed by atoms with Gasteiger partial charge in [0.25, 0.3) is 0 Å². The predicted octanol–water partition coefficient (Wildman–Crippen LogP) is 5.18. The normalized spacial score (nSPS) is 15.9. The molecule has 0 aliphatic carbocycles. The van der Waals surface area contributed by atoms with Crippen LogP contribution in [0.25, 0.3) is 0 Å². The molecule has 0 N–H and O–H groups in total. The van der Waals surface area contributed by atoms with E-state index >= 15 is 0 Å². The van der Waals surface area contributed by atoms with Gasteiger partial charge in [-0.3, -0.25) is 9.59 Å². The Kier molecular flexibility index (Phi) is 7.64. The van der Waals surface area contributed by atoms with E-state index in [0.717, 1.165) is 36.8 Å². The first-order valence-corrected chi connectivity index (χ1v) is 11.7. The Bertz CT molecular complexity index is 862. The van der Waals surface area contributed by atoms with Crippen LogP contribution in [0.4, 0.5) is 4.39 Å². The number of nitrogens with zero attached hydrogens (tertiary/aromatic N) is 2. The van der Waals surface area contributed by atoms with Crippen LogP contribution in [0.2, 0.25) is 0 Å². The highest BCUT2D eigenvalue weighted by molar-refractivity contribution is 7.10. The van der Waals surface area contributed by atoms with Crippen LogP contribution in [0.3, 0.4) is 0 Å². The highest BCUT2D eigenvalue weighted by atomic mass is 32.1. The lowest BCUT2D eigenvalue weighted by Crippen LogP contribution is -2.48. The molecule has 0 bridgehead atoms. The van der Waals surface area contributed by atoms with Gasteiger partial charge in [0.15, 0.2) is 0 Å². The second-order valence-corrected chi connectivity index (χ2v) is 9.16. The van der Waals surface area contributed by atoms with Gasteiger partial charge < -0.3 is 9.80 Å². The van der Waals surface area contributed by atoms with Gasteiger partial charge in [0.1, 0.15) is 12.4 Å². The maximum Gasteiger partial charge on any atom is 0.243 e. The average Bonchev–Trinajstić information content (AvgIpc) is 3.20. The van der Waals surface area contributed by atoms with E-state index in [1.54, 1.807) is 28.4 Å². The molecular formula is C24H31FN2O2S. The van der Waals surface area contributed by atoms with Crippen molar-refractivity contribution >= 4 is 23.2 Å². The van der Waals surface area contributed by atoms with Crippen molar-refractivity contribution in [3.63, 3.8) is 0 Å². The topological polar surface area (TPSA) is 40.6 Å². The number of unbranched alkanes of at least 4 members (excludes halogenated alkanes) is 2. The number of hydrogen-bond acceptors (Lipinski definition) is 3. The molecule has 2 aromatic rings. The minimum absolute atomic E-state index is 0.0335. The largest absolute Gasteiger partial charge is 0.331 e. The van der Waals surface area contributed by atoms with Crippen LogP contribution in [-0.2, 0) is 16.0 Å². The van der Waals surface area contributed by atoms with Crippen molar-refractivity contribution in [2.24, 2.45) is 0 Å². The van der Waals surface area contributed by atoms with Crippen molar-refractivity contribution < 1.29 is 14.0 Å². The number of hydrogen-bond donors (Lipinski definition) is 0. The fourth-order valence-corrected chi connectivity index (χ4v) is 4.96. The lowest BCUT2D eigenvalue weighted by atomic mass is 9.93. The van der Waals surface area contributed by atoms with Crippen LogP contribution in [-0.4, -0.2) is 40.7 Å². The van der Waals surface area contributed by atoms with Crippen LogP contribution >= 0.6 is 11.3 Å². The maximum atomic E-state index is 13.5. The fraction of sp³-hybridized carbons (Fsp3) is 0.500. The molecular weight excluding hydrogens is 399 g/mol. The molecule has 162 valence electrons. The minimum atomic E-state index is -0.290. The van der Waals surface area contributed by atoms with Crippen LogP contribution in [0, 0.1) is 5.82 Å². The zero-order valence-corrected chi connectivity index (χ0v) is 18.9. The number of halogens is 1. The third-order valence-electron chi connectivity index (χ3n) is 5.72. The second kappa shape index (κ2) is 10.2. The van der Waals surface area contributed by atoms with E-state index < -0.39 is 0 Å². The van der Waals surface area contributed by atoms with Gasteiger partial charge in [0, 0.05) is 23.9 Å². The Morgan fingerprint density at radius 1 is 1.20 bits per heavy atom. The number of thiophene rings is 1. The average molecular weight is 431 g/mol. The van der Waals surface area contributed by atoms with Crippen molar-refractivity contribution in [1.29, 1.82) is 0 Å². The summed E-state index contributed by atoms with van der Waals surface area (Å²) in [4.78, 5) is 31.0. The van der Waals surface area contributed by atoms with Gasteiger partial charge in [-0.25, -0.2) is 4.39 Å². The summed E-state index contributed by atoms with van der Waals surface area (Å²) in [5, 5.41) is 2.05. The zero-order chi connectivity index (χ0) is 21.7. The van der Waals surface area contributed by atoms with Crippen LogP contribution in [0.15, 0.2) is 35.7 Å². The molecule has 2 heterocycles. The van der Waals surface area contributed by atoms with Crippen LogP contribution in [0.1, 0.15) is 68.5 Å². The SMILES string of the molecule is CCCCCC(=O)N(CC(=O)N1CCc2sccc2C1c1ccc(F)cc1)C(C)C. The summed E-state index contributed by atoms with van der Waals surface area (Å²) in [6, 6.07) is 8.17. The number of amides is 2. The van der Waals surface area contributed by atoms with Crippen LogP contribution < -0.4 is 0 Å². The molecule has 1 unspecified atom stereocenters. The Labute approximate surface area is 182 Å². The molecule has 4 nitrogen and oxygen atoms in total. The summed E-state index contributed by atoms with van der Waals surface area (Å²) in [7, 11) is 0. The highest BCUT2D eigenvalue weighted by Gasteiger charge is 2.34. The minimum Gasteiger partial charge on any atom is -0.331 e. The van der Waals surface area contributed by atoms with Gasteiger partial charge >= 0.3 is 0 Å². The van der Waals surface area contributed by atoms with Crippen molar-refractivity contribution in [1.82, 2.24) is 9.80 Å². The maximum absolute atomic E-state index is 13.5. The number of fused-ring (bicyclic) bond motifs is 1. The number of carbonyl (C=O) groups excluding carboxylic acids is 2. The molecule has 6 heteroatoms. The second-order valence-electron chi connectivity index (χ2n) is 8.16. The van der Waals surface area contributed by atoms with Crippen molar-refractivity contribution in [2.75, 3.05) is 13.1 Å². The molecule has 0 fully saturated rings. The molecule has 1 atom stereocenters. The summed E-state index contributed by atoms with van der Waals surface area (Å²) in [6.45, 7) is 6.70. The zero-order valence-electron chi connectivity index (χ0n) is 18.1. The Balaban J connectivity index is 1.82. The summed E-state index contributed by atoms with van der Waals surface area (Å²) in [5.74, 6) is -0.307. The van der Waals surface area contributed by atoms with Gasteiger partial charge in [0.05, 0.1) is 6.04 Å². The van der Waals surface area contributed by atoms with Gasteiger partial charge in [-0.2, -0.15) is 0 Å². The first kappa shape index (κ1) is 22.5. The fourth-order valence-electron chi connectivity index (χ4n) is 4.05. The van der Waals surface area contributed by atoms with Crippen LogP contribution in [0.5, 0.6) is 0 Å². The molecule has 2 amide bonds. The molecule has 0 saturated heterocycles. The number of rotatable bonds is 8. The lowest BCUT2D eigenvalue weighted by Gasteiger charge is -2.38. The molecule has 0 spiro atoms. The van der Waals surface area contributed by atoms with Crippen molar-refractivity contribution in [3.05, 3.63) is 57.5 Å². The quantitative estimate of drug-likeness (QED) is 0.542. The van der Waals surface area contributed by atoms with E-state index in [-0.39, 0.29) is 36.3 Å². The Morgan fingerprint density at radius 2 is 1.93 bits per heavy atom. The van der Waals surface area contributed by atoms with E-state index in [4.69, 9.17) is 0 Å². The van der Waals surface area contributed by atoms with Crippen molar-refractivity contribution in [3.8, 4) is 0 Å². The Morgan fingerprint density at radius 3 is 2.60 bits per heavy atom. The first-order chi connectivity index (χ1) is 14.4. The molecule has 0 radical (unpaired) electrons. The molecule has 30 heavy (non-hydrogen) atoms.